The number of aliphatic hydroxyl groups excluding tert-OH is 1. The zero-order valence-electron chi connectivity index (χ0n) is 12.1. The van der Waals surface area contributed by atoms with Gasteiger partial charge in [0, 0.05) is 18.6 Å². The van der Waals surface area contributed by atoms with Crippen molar-refractivity contribution in [2.45, 2.75) is 76.0 Å². The SMILES string of the molecule is OC1CCCCC1CNC1CCCC1C1CCCN1. The Hall–Kier alpha value is -0.120. The van der Waals surface area contributed by atoms with Crippen molar-refractivity contribution >= 4 is 0 Å². The first kappa shape index (κ1) is 13.8. The summed E-state index contributed by atoms with van der Waals surface area (Å²) >= 11 is 0. The summed E-state index contributed by atoms with van der Waals surface area (Å²) in [6, 6.07) is 1.46. The molecule has 1 aliphatic heterocycles. The van der Waals surface area contributed by atoms with Gasteiger partial charge >= 0.3 is 0 Å². The second-order valence-corrected chi connectivity index (χ2v) is 6.92. The van der Waals surface area contributed by atoms with Gasteiger partial charge in [0.25, 0.3) is 0 Å². The van der Waals surface area contributed by atoms with E-state index in [4.69, 9.17) is 0 Å². The zero-order chi connectivity index (χ0) is 13.1. The molecule has 1 heterocycles. The van der Waals surface area contributed by atoms with E-state index in [0.717, 1.165) is 24.9 Å². The first-order valence-electron chi connectivity index (χ1n) is 8.49. The average Bonchev–Trinajstić information content (AvgIpc) is 3.08. The summed E-state index contributed by atoms with van der Waals surface area (Å²) in [6.45, 7) is 2.25. The second-order valence-electron chi connectivity index (χ2n) is 6.92. The normalized spacial score (nSPS) is 43.7. The van der Waals surface area contributed by atoms with Crippen LogP contribution in [-0.2, 0) is 0 Å². The molecule has 0 amide bonds. The number of hydrogen-bond acceptors (Lipinski definition) is 3. The van der Waals surface area contributed by atoms with E-state index in [1.54, 1.807) is 0 Å². The van der Waals surface area contributed by atoms with Crippen LogP contribution in [0.1, 0.15) is 57.8 Å². The topological polar surface area (TPSA) is 44.3 Å². The largest absolute Gasteiger partial charge is 0.393 e. The molecular formula is C16H30N2O. The van der Waals surface area contributed by atoms with Crippen LogP contribution in [0.5, 0.6) is 0 Å². The number of hydrogen-bond donors (Lipinski definition) is 3. The van der Waals surface area contributed by atoms with Gasteiger partial charge < -0.3 is 15.7 Å². The highest BCUT2D eigenvalue weighted by Crippen LogP contribution is 2.32. The van der Waals surface area contributed by atoms with Gasteiger partial charge in [-0.15, -0.1) is 0 Å². The quantitative estimate of drug-likeness (QED) is 0.730. The van der Waals surface area contributed by atoms with E-state index in [2.05, 4.69) is 10.6 Å². The fraction of sp³-hybridized carbons (Fsp3) is 1.00. The van der Waals surface area contributed by atoms with Gasteiger partial charge in [0.05, 0.1) is 6.10 Å². The summed E-state index contributed by atoms with van der Waals surface area (Å²) in [7, 11) is 0. The van der Waals surface area contributed by atoms with Gasteiger partial charge in [-0.25, -0.2) is 0 Å². The van der Waals surface area contributed by atoms with E-state index in [9.17, 15) is 5.11 Å². The number of rotatable bonds is 4. The molecule has 5 atom stereocenters. The van der Waals surface area contributed by atoms with Crippen molar-refractivity contribution in [2.75, 3.05) is 13.1 Å². The summed E-state index contributed by atoms with van der Waals surface area (Å²) in [4.78, 5) is 0. The van der Waals surface area contributed by atoms with E-state index < -0.39 is 0 Å². The molecule has 110 valence electrons. The molecule has 1 saturated heterocycles. The first-order chi connectivity index (χ1) is 9.34. The van der Waals surface area contributed by atoms with Crippen LogP contribution in [0.4, 0.5) is 0 Å². The molecule has 2 saturated carbocycles. The van der Waals surface area contributed by atoms with Crippen molar-refractivity contribution in [3.63, 3.8) is 0 Å². The van der Waals surface area contributed by atoms with Gasteiger partial charge in [0.1, 0.15) is 0 Å². The summed E-state index contributed by atoms with van der Waals surface area (Å²) in [5.74, 6) is 1.34. The molecule has 3 aliphatic rings. The van der Waals surface area contributed by atoms with E-state index in [0.29, 0.717) is 12.0 Å². The highest BCUT2D eigenvalue weighted by Gasteiger charge is 2.35. The summed E-state index contributed by atoms with van der Waals surface area (Å²) in [6.07, 6.45) is 11.5. The third kappa shape index (κ3) is 3.32. The molecular weight excluding hydrogens is 236 g/mol. The fourth-order valence-corrected chi connectivity index (χ4v) is 4.53. The van der Waals surface area contributed by atoms with Crippen LogP contribution < -0.4 is 10.6 Å². The van der Waals surface area contributed by atoms with Crippen molar-refractivity contribution < 1.29 is 5.11 Å². The minimum Gasteiger partial charge on any atom is -0.393 e. The second kappa shape index (κ2) is 6.55. The molecule has 0 bridgehead atoms. The lowest BCUT2D eigenvalue weighted by molar-refractivity contribution is 0.0669. The fourth-order valence-electron chi connectivity index (χ4n) is 4.53. The third-order valence-corrected chi connectivity index (χ3v) is 5.70. The van der Waals surface area contributed by atoms with E-state index in [1.807, 2.05) is 0 Å². The van der Waals surface area contributed by atoms with Crippen LogP contribution >= 0.6 is 0 Å². The maximum Gasteiger partial charge on any atom is 0.0580 e. The molecule has 3 heteroatoms. The Morgan fingerprint density at radius 2 is 1.84 bits per heavy atom. The van der Waals surface area contributed by atoms with E-state index in [1.165, 1.54) is 57.9 Å². The maximum atomic E-state index is 10.1. The predicted molar refractivity (Wildman–Crippen MR) is 78.1 cm³/mol. The molecule has 5 unspecified atom stereocenters. The highest BCUT2D eigenvalue weighted by atomic mass is 16.3. The number of aliphatic hydroxyl groups is 1. The Balaban J connectivity index is 1.48. The molecule has 0 aromatic rings. The highest BCUT2D eigenvalue weighted by molar-refractivity contribution is 4.93. The standard InChI is InChI=1S/C16H30N2O/c19-16-9-2-1-5-12(16)11-18-15-7-3-6-13(15)14-8-4-10-17-14/h12-19H,1-11H2. The van der Waals surface area contributed by atoms with Crippen LogP contribution in [0.15, 0.2) is 0 Å². The summed E-state index contributed by atoms with van der Waals surface area (Å²) in [5, 5.41) is 17.6. The van der Waals surface area contributed by atoms with Gasteiger partial charge in [-0.05, 0) is 56.9 Å². The van der Waals surface area contributed by atoms with Crippen molar-refractivity contribution in [1.82, 2.24) is 10.6 Å². The predicted octanol–water partition coefficient (Wildman–Crippen LogP) is 2.05. The minimum atomic E-state index is -0.0503. The molecule has 3 nitrogen and oxygen atoms in total. The number of nitrogens with one attached hydrogen (secondary N) is 2. The van der Waals surface area contributed by atoms with Crippen molar-refractivity contribution in [2.24, 2.45) is 11.8 Å². The Morgan fingerprint density at radius 1 is 0.947 bits per heavy atom. The van der Waals surface area contributed by atoms with Gasteiger partial charge in [-0.2, -0.15) is 0 Å². The Morgan fingerprint density at radius 3 is 2.63 bits per heavy atom. The zero-order valence-corrected chi connectivity index (χ0v) is 12.1. The average molecular weight is 266 g/mol. The summed E-state index contributed by atoms with van der Waals surface area (Å²) < 4.78 is 0. The Bertz CT molecular complexity index is 278. The van der Waals surface area contributed by atoms with Gasteiger partial charge in [0.15, 0.2) is 0 Å². The van der Waals surface area contributed by atoms with Gasteiger partial charge in [-0.3, -0.25) is 0 Å². The van der Waals surface area contributed by atoms with Crippen molar-refractivity contribution in [3.05, 3.63) is 0 Å². The van der Waals surface area contributed by atoms with Crippen LogP contribution in [0, 0.1) is 11.8 Å². The maximum absolute atomic E-state index is 10.1. The first-order valence-corrected chi connectivity index (χ1v) is 8.49. The van der Waals surface area contributed by atoms with Gasteiger partial charge in [-0.1, -0.05) is 19.3 Å². The van der Waals surface area contributed by atoms with E-state index >= 15 is 0 Å². The molecule has 3 rings (SSSR count). The molecule has 3 fully saturated rings. The molecule has 0 aromatic heterocycles. The molecule has 2 aliphatic carbocycles. The Kier molecular flexibility index (Phi) is 4.78. The van der Waals surface area contributed by atoms with E-state index in [-0.39, 0.29) is 6.10 Å². The third-order valence-electron chi connectivity index (χ3n) is 5.70. The van der Waals surface area contributed by atoms with Crippen LogP contribution in [0.2, 0.25) is 0 Å². The van der Waals surface area contributed by atoms with Gasteiger partial charge in [0.2, 0.25) is 0 Å². The van der Waals surface area contributed by atoms with Crippen LogP contribution in [0.3, 0.4) is 0 Å². The smallest absolute Gasteiger partial charge is 0.0580 e. The molecule has 19 heavy (non-hydrogen) atoms. The molecule has 0 radical (unpaired) electrons. The molecule has 0 aromatic carbocycles. The molecule has 3 N–H and O–H groups in total. The monoisotopic (exact) mass is 266 g/mol. The lowest BCUT2D eigenvalue weighted by atomic mass is 9.86. The lowest BCUT2D eigenvalue weighted by Gasteiger charge is -2.32. The van der Waals surface area contributed by atoms with Crippen LogP contribution in [-0.4, -0.2) is 36.4 Å². The minimum absolute atomic E-state index is 0.0503. The van der Waals surface area contributed by atoms with Crippen molar-refractivity contribution in [1.29, 1.82) is 0 Å². The Labute approximate surface area is 117 Å². The van der Waals surface area contributed by atoms with Crippen molar-refractivity contribution in [3.8, 4) is 0 Å². The lowest BCUT2D eigenvalue weighted by Crippen LogP contribution is -2.45. The molecule has 0 spiro atoms. The summed E-state index contributed by atoms with van der Waals surface area (Å²) in [5.41, 5.74) is 0. The van der Waals surface area contributed by atoms with Crippen LogP contribution in [0.25, 0.3) is 0 Å².